The molecule has 2 aromatic carbocycles. The second-order valence-electron chi connectivity index (χ2n) is 11.6. The topological polar surface area (TPSA) is 53.9 Å². The van der Waals surface area contributed by atoms with Crippen LogP contribution in [0.2, 0.25) is 0 Å². The third kappa shape index (κ3) is 12.2. The molecule has 2 aromatic rings. The predicted octanol–water partition coefficient (Wildman–Crippen LogP) is 9.60. The third-order valence-corrected chi connectivity index (χ3v) is 8.00. The summed E-state index contributed by atoms with van der Waals surface area (Å²) in [7, 11) is 0. The Balaban J connectivity index is 0.00000109. The first kappa shape index (κ1) is 38.5. The van der Waals surface area contributed by atoms with Crippen LogP contribution in [0.15, 0.2) is 59.9 Å². The number of nitrogens with zero attached hydrogens (tertiary/aromatic N) is 2. The zero-order valence-corrected chi connectivity index (χ0v) is 27.7. The highest BCUT2D eigenvalue weighted by molar-refractivity contribution is 5.85. The van der Waals surface area contributed by atoms with Crippen molar-refractivity contribution in [3.8, 4) is 5.75 Å². The highest BCUT2D eigenvalue weighted by Crippen LogP contribution is 2.27. The van der Waals surface area contributed by atoms with Crippen molar-refractivity contribution < 1.29 is 27.1 Å². The van der Waals surface area contributed by atoms with Crippen LogP contribution in [0.3, 0.4) is 0 Å². The zero-order valence-electron chi connectivity index (χ0n) is 27.7. The van der Waals surface area contributed by atoms with E-state index in [1.165, 1.54) is 43.5 Å². The smallest absolute Gasteiger partial charge is 0.203 e. The number of carbonyl (C=O) groups is 1. The van der Waals surface area contributed by atoms with Crippen LogP contribution in [-0.2, 0) is 11.3 Å². The highest BCUT2D eigenvalue weighted by Gasteiger charge is 2.27. The number of nitrogens with one attached hydrogen (secondary N) is 1. The van der Waals surface area contributed by atoms with E-state index in [0.717, 1.165) is 28.7 Å². The van der Waals surface area contributed by atoms with Gasteiger partial charge in [-0.05, 0) is 49.5 Å². The summed E-state index contributed by atoms with van der Waals surface area (Å²) in [6, 6.07) is 5.31. The summed E-state index contributed by atoms with van der Waals surface area (Å²) in [5.74, 6) is -8.50. The van der Waals surface area contributed by atoms with E-state index >= 15 is 0 Å². The molecule has 0 amide bonds. The molecular formula is C37H49F4N3O2. The molecule has 5 nitrogen and oxygen atoms in total. The molecule has 1 aliphatic rings. The fraction of sp³-hybridized carbons (Fsp3) is 0.459. The summed E-state index contributed by atoms with van der Waals surface area (Å²) < 4.78 is 60.0. The molecule has 2 unspecified atom stereocenters. The number of allylic oxidation sites excluding steroid dienone is 2. The SMILES string of the molecule is C1CCCCC1.C=C/C=C\c1cc(CNC(C)/C(C)=C/N(N=C)C(CCCC)C(=O)COc2c(F)c(F)cc(F)c2F)ccc1C. The van der Waals surface area contributed by atoms with Crippen LogP contribution < -0.4 is 10.1 Å². The first-order valence-electron chi connectivity index (χ1n) is 16.1. The Hall–Kier alpha value is -3.72. The van der Waals surface area contributed by atoms with Crippen molar-refractivity contribution in [1.29, 1.82) is 0 Å². The van der Waals surface area contributed by atoms with Gasteiger partial charge in [0, 0.05) is 31.6 Å². The number of aryl methyl sites for hydroxylation is 1. The predicted molar refractivity (Wildman–Crippen MR) is 180 cm³/mol. The van der Waals surface area contributed by atoms with Gasteiger partial charge in [-0.3, -0.25) is 9.80 Å². The van der Waals surface area contributed by atoms with Crippen LogP contribution in [-0.4, -0.2) is 36.2 Å². The second-order valence-corrected chi connectivity index (χ2v) is 11.6. The largest absolute Gasteiger partial charge is 0.479 e. The van der Waals surface area contributed by atoms with Crippen molar-refractivity contribution in [1.82, 2.24) is 10.3 Å². The number of halogens is 4. The number of ether oxygens (including phenoxy) is 1. The summed E-state index contributed by atoms with van der Waals surface area (Å²) >= 11 is 0. The van der Waals surface area contributed by atoms with E-state index in [-0.39, 0.29) is 12.1 Å². The molecule has 3 rings (SSSR count). The minimum Gasteiger partial charge on any atom is -0.479 e. The maximum Gasteiger partial charge on any atom is 0.203 e. The van der Waals surface area contributed by atoms with E-state index in [4.69, 9.17) is 4.74 Å². The van der Waals surface area contributed by atoms with E-state index in [1.54, 1.807) is 12.3 Å². The van der Waals surface area contributed by atoms with Crippen molar-refractivity contribution in [2.24, 2.45) is 5.10 Å². The van der Waals surface area contributed by atoms with Crippen LogP contribution in [0.1, 0.15) is 95.2 Å². The van der Waals surface area contributed by atoms with Crippen LogP contribution in [0.25, 0.3) is 6.08 Å². The molecule has 2 atom stereocenters. The van der Waals surface area contributed by atoms with Gasteiger partial charge in [0.05, 0.1) is 0 Å². The van der Waals surface area contributed by atoms with Crippen LogP contribution in [0.5, 0.6) is 5.75 Å². The maximum absolute atomic E-state index is 14.0. The fourth-order valence-corrected chi connectivity index (χ4v) is 4.95. The van der Waals surface area contributed by atoms with Gasteiger partial charge in [0.25, 0.3) is 0 Å². The van der Waals surface area contributed by atoms with Gasteiger partial charge in [-0.1, -0.05) is 101 Å². The van der Waals surface area contributed by atoms with E-state index < -0.39 is 47.5 Å². The van der Waals surface area contributed by atoms with Gasteiger partial charge in [-0.15, -0.1) is 0 Å². The normalized spacial score (nSPS) is 14.7. The number of ketones is 1. The van der Waals surface area contributed by atoms with Gasteiger partial charge < -0.3 is 10.1 Å². The van der Waals surface area contributed by atoms with Gasteiger partial charge >= 0.3 is 0 Å². The van der Waals surface area contributed by atoms with Gasteiger partial charge in [0.1, 0.15) is 12.6 Å². The number of hydrazone groups is 1. The number of unbranched alkanes of at least 4 members (excludes halogenated alkanes) is 1. The Bertz CT molecular complexity index is 1320. The molecule has 0 radical (unpaired) electrons. The summed E-state index contributed by atoms with van der Waals surface area (Å²) in [6.45, 7) is 14.9. The molecule has 252 valence electrons. The first-order chi connectivity index (χ1) is 22.0. The van der Waals surface area contributed by atoms with Gasteiger partial charge in [0.15, 0.2) is 23.2 Å². The first-order valence-corrected chi connectivity index (χ1v) is 16.1. The molecule has 0 aliphatic heterocycles. The van der Waals surface area contributed by atoms with Crippen LogP contribution in [0.4, 0.5) is 17.6 Å². The molecule has 0 heterocycles. The quantitative estimate of drug-likeness (QED) is 0.0651. The zero-order chi connectivity index (χ0) is 34.1. The molecule has 1 N–H and O–H groups in total. The van der Waals surface area contributed by atoms with E-state index in [1.807, 2.05) is 45.9 Å². The lowest BCUT2D eigenvalue weighted by Crippen LogP contribution is -2.38. The third-order valence-electron chi connectivity index (χ3n) is 8.00. The highest BCUT2D eigenvalue weighted by atomic mass is 19.2. The summed E-state index contributed by atoms with van der Waals surface area (Å²) in [5, 5.41) is 8.82. The van der Waals surface area contributed by atoms with Crippen molar-refractivity contribution in [2.45, 2.75) is 104 Å². The average molecular weight is 644 g/mol. The van der Waals surface area contributed by atoms with Crippen LogP contribution >= 0.6 is 0 Å². The summed E-state index contributed by atoms with van der Waals surface area (Å²) in [6.07, 6.45) is 18.1. The van der Waals surface area contributed by atoms with E-state index in [2.05, 4.69) is 35.8 Å². The number of benzene rings is 2. The van der Waals surface area contributed by atoms with Crippen molar-refractivity contribution in [2.75, 3.05) is 6.61 Å². The van der Waals surface area contributed by atoms with E-state index in [0.29, 0.717) is 19.4 Å². The van der Waals surface area contributed by atoms with Crippen LogP contribution in [0, 0.1) is 30.2 Å². The monoisotopic (exact) mass is 643 g/mol. The fourth-order valence-electron chi connectivity index (χ4n) is 4.95. The Morgan fingerprint density at radius 1 is 1.07 bits per heavy atom. The van der Waals surface area contributed by atoms with Gasteiger partial charge in [-0.25, -0.2) is 8.78 Å². The lowest BCUT2D eigenvalue weighted by atomic mass is 10.0. The molecule has 1 fully saturated rings. The lowest BCUT2D eigenvalue weighted by molar-refractivity contribution is -0.125. The molecule has 1 saturated carbocycles. The molecule has 0 saturated heterocycles. The lowest BCUT2D eigenvalue weighted by Gasteiger charge is -2.27. The Morgan fingerprint density at radius 2 is 1.67 bits per heavy atom. The van der Waals surface area contributed by atoms with Gasteiger partial charge in [-0.2, -0.15) is 13.9 Å². The molecule has 9 heteroatoms. The standard InChI is InChI=1S/C31H37F4N3O2.C6H12/c1-7-9-11-24-15-23(14-13-20(24)3)17-37-22(5)21(4)18-38(36-6)27(12-10-8-2)28(39)19-40-31-29(34)25(32)16-26(33)30(31)35;1-2-4-6-5-3-1/h7,9,11,13-16,18,22,27,37H,1,6,8,10,12,17,19H2,2-5H3;1-6H2/b11-9-,21-18+;. The van der Waals surface area contributed by atoms with Crippen molar-refractivity contribution in [3.05, 3.63) is 94.7 Å². The minimum absolute atomic E-state index is 0.0766. The minimum atomic E-state index is -1.71. The summed E-state index contributed by atoms with van der Waals surface area (Å²) in [5.41, 5.74) is 4.19. The van der Waals surface area contributed by atoms with E-state index in [9.17, 15) is 22.4 Å². The number of Topliss-reactive ketones (excluding diaryl/α,β-unsaturated/α-hetero) is 1. The molecule has 1 aliphatic carbocycles. The Kier molecular flexibility index (Phi) is 17.1. The van der Waals surface area contributed by atoms with Crippen molar-refractivity contribution >= 4 is 18.6 Å². The number of hydrogen-bond donors (Lipinski definition) is 1. The molecule has 0 spiro atoms. The number of carbonyl (C=O) groups excluding carboxylic acids is 1. The maximum atomic E-state index is 14.0. The molecular weight excluding hydrogens is 594 g/mol. The number of hydrogen-bond acceptors (Lipinski definition) is 5. The Morgan fingerprint density at radius 3 is 2.22 bits per heavy atom. The Labute approximate surface area is 272 Å². The van der Waals surface area contributed by atoms with Crippen molar-refractivity contribution in [3.63, 3.8) is 0 Å². The van der Waals surface area contributed by atoms with Gasteiger partial charge in [0.2, 0.25) is 11.6 Å². The number of rotatable bonds is 16. The average Bonchev–Trinajstić information content (AvgIpc) is 3.06. The second kappa shape index (κ2) is 20.4. The molecule has 46 heavy (non-hydrogen) atoms. The summed E-state index contributed by atoms with van der Waals surface area (Å²) in [4.78, 5) is 13.1. The molecule has 0 aromatic heterocycles. The molecule has 0 bridgehead atoms.